The molecule has 3 rings (SSSR count). The number of nitrogens with one attached hydrogen (secondary N) is 2. The largest absolute Gasteiger partial charge is 0.349 e. The van der Waals surface area contributed by atoms with Gasteiger partial charge < -0.3 is 16.0 Å². The Morgan fingerprint density at radius 2 is 2.11 bits per heavy atom. The molecule has 19 heavy (non-hydrogen) atoms. The van der Waals surface area contributed by atoms with Gasteiger partial charge in [-0.25, -0.2) is 4.98 Å². The zero-order valence-electron chi connectivity index (χ0n) is 10.7. The average molecular weight is 258 g/mol. The van der Waals surface area contributed by atoms with E-state index in [0.29, 0.717) is 11.6 Å². The number of imidazole rings is 1. The van der Waals surface area contributed by atoms with Gasteiger partial charge in [0.05, 0.1) is 17.4 Å². The van der Waals surface area contributed by atoms with E-state index in [4.69, 9.17) is 5.73 Å². The summed E-state index contributed by atoms with van der Waals surface area (Å²) in [5.74, 6) is -0.0434. The van der Waals surface area contributed by atoms with E-state index >= 15 is 0 Å². The molecule has 0 bridgehead atoms. The van der Waals surface area contributed by atoms with E-state index in [2.05, 4.69) is 15.3 Å². The maximum absolute atomic E-state index is 12.3. The van der Waals surface area contributed by atoms with Crippen LogP contribution in [0.2, 0.25) is 0 Å². The van der Waals surface area contributed by atoms with E-state index in [1.165, 1.54) is 0 Å². The summed E-state index contributed by atoms with van der Waals surface area (Å²) < 4.78 is 0. The molecule has 0 saturated heterocycles. The lowest BCUT2D eigenvalue weighted by molar-refractivity contribution is 0.0927. The van der Waals surface area contributed by atoms with Gasteiger partial charge in [-0.15, -0.1) is 0 Å². The summed E-state index contributed by atoms with van der Waals surface area (Å²) in [6.07, 6.45) is 5.50. The van der Waals surface area contributed by atoms with Crippen LogP contribution in [0.5, 0.6) is 0 Å². The lowest BCUT2D eigenvalue weighted by Gasteiger charge is -2.26. The monoisotopic (exact) mass is 258 g/mol. The van der Waals surface area contributed by atoms with Crippen LogP contribution in [-0.2, 0) is 0 Å². The molecule has 5 nitrogen and oxygen atoms in total. The Morgan fingerprint density at radius 1 is 1.32 bits per heavy atom. The van der Waals surface area contributed by atoms with Gasteiger partial charge in [-0.05, 0) is 37.8 Å². The number of benzene rings is 1. The summed E-state index contributed by atoms with van der Waals surface area (Å²) in [5.41, 5.74) is 8.12. The fourth-order valence-electron chi connectivity index (χ4n) is 2.68. The SMILES string of the molecule is NC1CCC(NC(=O)c2cccc3[nH]cnc23)CC1. The van der Waals surface area contributed by atoms with Crippen LogP contribution in [0.3, 0.4) is 0 Å². The number of nitrogens with two attached hydrogens (primary N) is 1. The average Bonchev–Trinajstić information content (AvgIpc) is 2.89. The Kier molecular flexibility index (Phi) is 3.21. The van der Waals surface area contributed by atoms with Crippen molar-refractivity contribution in [3.63, 3.8) is 0 Å². The van der Waals surface area contributed by atoms with Crippen LogP contribution in [0.15, 0.2) is 24.5 Å². The second-order valence-corrected chi connectivity index (χ2v) is 5.19. The minimum absolute atomic E-state index is 0.0434. The highest BCUT2D eigenvalue weighted by molar-refractivity contribution is 6.04. The zero-order chi connectivity index (χ0) is 13.2. The number of aromatic nitrogens is 2. The van der Waals surface area contributed by atoms with Gasteiger partial charge in [0, 0.05) is 12.1 Å². The molecule has 1 aliphatic rings. The van der Waals surface area contributed by atoms with Crippen molar-refractivity contribution in [2.24, 2.45) is 5.73 Å². The molecule has 1 saturated carbocycles. The number of carbonyl (C=O) groups excluding carboxylic acids is 1. The van der Waals surface area contributed by atoms with Crippen LogP contribution in [0.25, 0.3) is 11.0 Å². The number of hydrogen-bond acceptors (Lipinski definition) is 3. The third kappa shape index (κ3) is 2.46. The first-order valence-corrected chi connectivity index (χ1v) is 6.72. The van der Waals surface area contributed by atoms with Crippen molar-refractivity contribution in [1.29, 1.82) is 0 Å². The number of rotatable bonds is 2. The lowest BCUT2D eigenvalue weighted by Crippen LogP contribution is -2.40. The molecule has 100 valence electrons. The van der Waals surface area contributed by atoms with Gasteiger partial charge in [-0.3, -0.25) is 4.79 Å². The molecule has 2 aromatic rings. The Morgan fingerprint density at radius 3 is 2.89 bits per heavy atom. The number of amides is 1. The molecule has 1 aromatic carbocycles. The van der Waals surface area contributed by atoms with Crippen LogP contribution in [0.1, 0.15) is 36.0 Å². The zero-order valence-corrected chi connectivity index (χ0v) is 10.7. The normalized spacial score (nSPS) is 23.4. The van der Waals surface area contributed by atoms with Crippen molar-refractivity contribution < 1.29 is 4.79 Å². The molecule has 0 unspecified atom stereocenters. The fraction of sp³-hybridized carbons (Fsp3) is 0.429. The van der Waals surface area contributed by atoms with Gasteiger partial charge in [0.25, 0.3) is 5.91 Å². The first-order valence-electron chi connectivity index (χ1n) is 6.72. The number of carbonyl (C=O) groups is 1. The molecule has 5 heteroatoms. The number of aromatic amines is 1. The summed E-state index contributed by atoms with van der Waals surface area (Å²) in [4.78, 5) is 19.5. The Bertz CT molecular complexity index is 584. The first-order chi connectivity index (χ1) is 9.24. The smallest absolute Gasteiger partial charge is 0.253 e. The highest BCUT2D eigenvalue weighted by Crippen LogP contribution is 2.19. The van der Waals surface area contributed by atoms with Crippen LogP contribution in [0, 0.1) is 0 Å². The molecule has 0 radical (unpaired) electrons. The van der Waals surface area contributed by atoms with Crippen LogP contribution in [-0.4, -0.2) is 28.0 Å². The van der Waals surface area contributed by atoms with Crippen molar-refractivity contribution in [3.05, 3.63) is 30.1 Å². The van der Waals surface area contributed by atoms with Crippen LogP contribution >= 0.6 is 0 Å². The molecule has 1 amide bonds. The minimum Gasteiger partial charge on any atom is -0.349 e. The summed E-state index contributed by atoms with van der Waals surface area (Å²) in [6.45, 7) is 0. The molecule has 4 N–H and O–H groups in total. The van der Waals surface area contributed by atoms with E-state index < -0.39 is 0 Å². The second-order valence-electron chi connectivity index (χ2n) is 5.19. The third-order valence-corrected chi connectivity index (χ3v) is 3.80. The molecular weight excluding hydrogens is 240 g/mol. The Hall–Kier alpha value is -1.88. The molecular formula is C14H18N4O. The number of para-hydroxylation sites is 1. The van der Waals surface area contributed by atoms with Crippen LogP contribution < -0.4 is 11.1 Å². The summed E-state index contributed by atoms with van der Waals surface area (Å²) in [6, 6.07) is 6.13. The molecule has 1 fully saturated rings. The quantitative estimate of drug-likeness (QED) is 0.764. The number of hydrogen-bond donors (Lipinski definition) is 3. The molecule has 0 atom stereocenters. The standard InChI is InChI=1S/C14H18N4O/c15-9-4-6-10(7-5-9)18-14(19)11-2-1-3-12-13(11)17-8-16-12/h1-3,8-10H,4-7,15H2,(H,16,17)(H,18,19). The Balaban J connectivity index is 1.75. The summed E-state index contributed by atoms with van der Waals surface area (Å²) in [7, 11) is 0. The highest BCUT2D eigenvalue weighted by atomic mass is 16.1. The van der Waals surface area contributed by atoms with Crippen molar-refractivity contribution in [2.75, 3.05) is 0 Å². The van der Waals surface area contributed by atoms with Gasteiger partial charge in [0.15, 0.2) is 0 Å². The van der Waals surface area contributed by atoms with Gasteiger partial charge in [-0.1, -0.05) is 6.07 Å². The molecule has 1 aromatic heterocycles. The second kappa shape index (κ2) is 5.01. The van der Waals surface area contributed by atoms with Gasteiger partial charge >= 0.3 is 0 Å². The predicted octanol–water partition coefficient (Wildman–Crippen LogP) is 1.56. The van der Waals surface area contributed by atoms with E-state index in [9.17, 15) is 4.79 Å². The Labute approximate surface area is 111 Å². The maximum atomic E-state index is 12.3. The van der Waals surface area contributed by atoms with Gasteiger partial charge in [-0.2, -0.15) is 0 Å². The van der Waals surface area contributed by atoms with E-state index in [0.717, 1.165) is 36.7 Å². The predicted molar refractivity (Wildman–Crippen MR) is 73.8 cm³/mol. The summed E-state index contributed by atoms with van der Waals surface area (Å²) >= 11 is 0. The number of H-pyrrole nitrogens is 1. The third-order valence-electron chi connectivity index (χ3n) is 3.80. The lowest BCUT2D eigenvalue weighted by atomic mass is 9.91. The molecule has 1 heterocycles. The minimum atomic E-state index is -0.0434. The van der Waals surface area contributed by atoms with Crippen molar-refractivity contribution in [2.45, 2.75) is 37.8 Å². The van der Waals surface area contributed by atoms with Crippen LogP contribution in [0.4, 0.5) is 0 Å². The summed E-state index contributed by atoms with van der Waals surface area (Å²) in [5, 5.41) is 3.09. The van der Waals surface area contributed by atoms with Gasteiger partial charge in [0.1, 0.15) is 5.52 Å². The topological polar surface area (TPSA) is 83.8 Å². The van der Waals surface area contributed by atoms with Crippen molar-refractivity contribution in [1.82, 2.24) is 15.3 Å². The molecule has 1 aliphatic carbocycles. The van der Waals surface area contributed by atoms with E-state index in [1.54, 1.807) is 6.33 Å². The number of nitrogens with zero attached hydrogens (tertiary/aromatic N) is 1. The van der Waals surface area contributed by atoms with Crippen molar-refractivity contribution >= 4 is 16.9 Å². The highest BCUT2D eigenvalue weighted by Gasteiger charge is 2.21. The number of fused-ring (bicyclic) bond motifs is 1. The van der Waals surface area contributed by atoms with Gasteiger partial charge in [0.2, 0.25) is 0 Å². The first kappa shape index (κ1) is 12.2. The molecule has 0 aliphatic heterocycles. The molecule has 0 spiro atoms. The van der Waals surface area contributed by atoms with Crippen molar-refractivity contribution in [3.8, 4) is 0 Å². The van der Waals surface area contributed by atoms with E-state index in [-0.39, 0.29) is 11.9 Å². The van der Waals surface area contributed by atoms with E-state index in [1.807, 2.05) is 18.2 Å². The maximum Gasteiger partial charge on any atom is 0.253 e. The fourth-order valence-corrected chi connectivity index (χ4v) is 2.68.